The van der Waals surface area contributed by atoms with Gasteiger partial charge in [0, 0.05) is 11.7 Å². The molecular weight excluding hydrogens is 279 g/mol. The van der Waals surface area contributed by atoms with Crippen molar-refractivity contribution in [3.63, 3.8) is 0 Å². The highest BCUT2D eigenvalue weighted by Gasteiger charge is 2.02. The van der Waals surface area contributed by atoms with Crippen LogP contribution in [0.15, 0.2) is 22.7 Å². The van der Waals surface area contributed by atoms with E-state index in [4.69, 9.17) is 12.2 Å². The molecule has 0 saturated carbocycles. The van der Waals surface area contributed by atoms with Crippen LogP contribution < -0.4 is 10.6 Å². The number of hydrogen-bond donors (Lipinski definition) is 2. The highest BCUT2D eigenvalue weighted by Crippen LogP contribution is 2.19. The summed E-state index contributed by atoms with van der Waals surface area (Å²) < 4.78 is 13.6. The molecule has 1 rings (SSSR count). The van der Waals surface area contributed by atoms with Gasteiger partial charge in [-0.15, -0.1) is 0 Å². The number of rotatable bonds is 2. The lowest BCUT2D eigenvalue weighted by Gasteiger charge is -2.13. The van der Waals surface area contributed by atoms with E-state index in [0.29, 0.717) is 15.3 Å². The lowest BCUT2D eigenvalue weighted by molar-refractivity contribution is 0.622. The molecule has 0 unspecified atom stereocenters. The van der Waals surface area contributed by atoms with Crippen LogP contribution in [0.4, 0.5) is 10.1 Å². The van der Waals surface area contributed by atoms with Crippen molar-refractivity contribution in [3.05, 3.63) is 28.5 Å². The maximum absolute atomic E-state index is 13.1. The molecule has 0 amide bonds. The second-order valence-corrected chi connectivity index (χ2v) is 4.64. The molecule has 0 heterocycles. The molecule has 0 spiro atoms. The van der Waals surface area contributed by atoms with E-state index in [-0.39, 0.29) is 11.9 Å². The zero-order valence-electron chi connectivity index (χ0n) is 8.47. The summed E-state index contributed by atoms with van der Waals surface area (Å²) in [5.41, 5.74) is 0.633. The third-order valence-electron chi connectivity index (χ3n) is 1.60. The van der Waals surface area contributed by atoms with Crippen molar-refractivity contribution in [3.8, 4) is 0 Å². The second kappa shape index (κ2) is 5.42. The zero-order valence-corrected chi connectivity index (χ0v) is 10.9. The number of halogens is 2. The van der Waals surface area contributed by atoms with Crippen LogP contribution in [0.3, 0.4) is 0 Å². The summed E-state index contributed by atoms with van der Waals surface area (Å²) in [7, 11) is 0. The van der Waals surface area contributed by atoms with E-state index in [2.05, 4.69) is 26.6 Å². The SMILES string of the molecule is CC(C)NC(=S)Nc1ccc(Br)c(F)c1. The van der Waals surface area contributed by atoms with Crippen LogP contribution in [0.5, 0.6) is 0 Å². The first-order valence-electron chi connectivity index (χ1n) is 4.51. The summed E-state index contributed by atoms with van der Waals surface area (Å²) in [5, 5.41) is 6.40. The number of hydrogen-bond acceptors (Lipinski definition) is 1. The average Bonchev–Trinajstić information content (AvgIpc) is 2.10. The lowest BCUT2D eigenvalue weighted by atomic mass is 10.3. The molecule has 2 N–H and O–H groups in total. The summed E-state index contributed by atoms with van der Waals surface area (Å²) in [6.07, 6.45) is 0. The molecular formula is C10H12BrFN2S. The van der Waals surface area contributed by atoms with Crippen LogP contribution in [-0.4, -0.2) is 11.2 Å². The monoisotopic (exact) mass is 290 g/mol. The number of thiocarbonyl (C=S) groups is 1. The van der Waals surface area contributed by atoms with Gasteiger partial charge in [-0.2, -0.15) is 0 Å². The third kappa shape index (κ3) is 4.13. The fourth-order valence-corrected chi connectivity index (χ4v) is 1.60. The molecule has 0 aliphatic carbocycles. The maximum Gasteiger partial charge on any atom is 0.170 e. The van der Waals surface area contributed by atoms with Crippen molar-refractivity contribution in [2.24, 2.45) is 0 Å². The molecule has 1 aromatic carbocycles. The quantitative estimate of drug-likeness (QED) is 0.818. The van der Waals surface area contributed by atoms with E-state index >= 15 is 0 Å². The largest absolute Gasteiger partial charge is 0.360 e. The topological polar surface area (TPSA) is 24.1 Å². The maximum atomic E-state index is 13.1. The molecule has 0 aliphatic heterocycles. The van der Waals surface area contributed by atoms with E-state index in [0.717, 1.165) is 0 Å². The number of anilines is 1. The highest BCUT2D eigenvalue weighted by atomic mass is 79.9. The van der Waals surface area contributed by atoms with Crippen molar-refractivity contribution in [1.29, 1.82) is 0 Å². The van der Waals surface area contributed by atoms with Gasteiger partial charge in [0.2, 0.25) is 0 Å². The average molecular weight is 291 g/mol. The summed E-state index contributed by atoms with van der Waals surface area (Å²) >= 11 is 8.12. The second-order valence-electron chi connectivity index (χ2n) is 3.38. The summed E-state index contributed by atoms with van der Waals surface area (Å²) in [4.78, 5) is 0. The van der Waals surface area contributed by atoms with Crippen LogP contribution in [0.25, 0.3) is 0 Å². The highest BCUT2D eigenvalue weighted by molar-refractivity contribution is 9.10. The molecule has 0 saturated heterocycles. The van der Waals surface area contributed by atoms with Crippen LogP contribution in [0.2, 0.25) is 0 Å². The summed E-state index contributed by atoms with van der Waals surface area (Å²) in [6, 6.07) is 5.03. The van der Waals surface area contributed by atoms with Crippen LogP contribution in [0.1, 0.15) is 13.8 Å². The number of benzene rings is 1. The summed E-state index contributed by atoms with van der Waals surface area (Å²) in [6.45, 7) is 3.96. The Hall–Kier alpha value is -0.680. The first-order chi connectivity index (χ1) is 6.99. The minimum Gasteiger partial charge on any atom is -0.360 e. The van der Waals surface area contributed by atoms with Gasteiger partial charge in [-0.25, -0.2) is 4.39 Å². The molecule has 1 aromatic rings. The van der Waals surface area contributed by atoms with Gasteiger partial charge in [0.05, 0.1) is 4.47 Å². The lowest BCUT2D eigenvalue weighted by Crippen LogP contribution is -2.33. The van der Waals surface area contributed by atoms with Crippen molar-refractivity contribution in [1.82, 2.24) is 5.32 Å². The normalized spacial score (nSPS) is 10.2. The Labute approximate surface area is 102 Å². The molecule has 0 fully saturated rings. The molecule has 0 aliphatic rings. The smallest absolute Gasteiger partial charge is 0.170 e. The first-order valence-corrected chi connectivity index (χ1v) is 5.71. The molecule has 0 radical (unpaired) electrons. The molecule has 82 valence electrons. The van der Waals surface area contributed by atoms with Crippen molar-refractivity contribution < 1.29 is 4.39 Å². The van der Waals surface area contributed by atoms with Crippen molar-refractivity contribution in [2.45, 2.75) is 19.9 Å². The minimum atomic E-state index is -0.313. The Bertz CT molecular complexity index is 368. The van der Waals surface area contributed by atoms with Crippen LogP contribution in [0, 0.1) is 5.82 Å². The Morgan fingerprint density at radius 1 is 1.47 bits per heavy atom. The van der Waals surface area contributed by atoms with Gasteiger partial charge in [0.1, 0.15) is 5.82 Å². The predicted molar refractivity (Wildman–Crippen MR) is 68.6 cm³/mol. The Morgan fingerprint density at radius 2 is 2.13 bits per heavy atom. The van der Waals surface area contributed by atoms with Gasteiger partial charge < -0.3 is 10.6 Å². The Kier molecular flexibility index (Phi) is 4.47. The summed E-state index contributed by atoms with van der Waals surface area (Å²) in [5.74, 6) is -0.313. The fraction of sp³-hybridized carbons (Fsp3) is 0.300. The van der Waals surface area contributed by atoms with Crippen molar-refractivity contribution in [2.75, 3.05) is 5.32 Å². The van der Waals surface area contributed by atoms with E-state index in [1.165, 1.54) is 6.07 Å². The van der Waals surface area contributed by atoms with E-state index < -0.39 is 0 Å². The Balaban J connectivity index is 2.65. The van der Waals surface area contributed by atoms with Crippen LogP contribution >= 0.6 is 28.1 Å². The standard InChI is InChI=1S/C10H12BrFN2S/c1-6(2)13-10(15)14-7-3-4-8(11)9(12)5-7/h3-6H,1-2H3,(H2,13,14,15). The van der Waals surface area contributed by atoms with E-state index in [9.17, 15) is 4.39 Å². The van der Waals surface area contributed by atoms with Gasteiger partial charge in [-0.1, -0.05) is 0 Å². The van der Waals surface area contributed by atoms with Gasteiger partial charge in [-0.05, 0) is 60.2 Å². The molecule has 0 atom stereocenters. The number of nitrogens with one attached hydrogen (secondary N) is 2. The minimum absolute atomic E-state index is 0.255. The first kappa shape index (κ1) is 12.4. The fourth-order valence-electron chi connectivity index (χ4n) is 1.00. The van der Waals surface area contributed by atoms with Gasteiger partial charge >= 0.3 is 0 Å². The molecule has 0 aromatic heterocycles. The van der Waals surface area contributed by atoms with Crippen molar-refractivity contribution >= 4 is 38.9 Å². The predicted octanol–water partition coefficient (Wildman–Crippen LogP) is 3.28. The zero-order chi connectivity index (χ0) is 11.4. The molecule has 15 heavy (non-hydrogen) atoms. The van der Waals surface area contributed by atoms with E-state index in [1.807, 2.05) is 13.8 Å². The van der Waals surface area contributed by atoms with E-state index in [1.54, 1.807) is 12.1 Å². The van der Waals surface area contributed by atoms with Gasteiger partial charge in [0.25, 0.3) is 0 Å². The van der Waals surface area contributed by atoms with Gasteiger partial charge in [0.15, 0.2) is 5.11 Å². The Morgan fingerprint density at radius 3 is 2.67 bits per heavy atom. The molecule has 2 nitrogen and oxygen atoms in total. The van der Waals surface area contributed by atoms with Gasteiger partial charge in [-0.3, -0.25) is 0 Å². The van der Waals surface area contributed by atoms with Crippen LogP contribution in [-0.2, 0) is 0 Å². The third-order valence-corrected chi connectivity index (χ3v) is 2.46. The molecule has 0 bridgehead atoms. The molecule has 5 heteroatoms.